The number of nitrogens with one attached hydrogen (secondary N) is 1. The molecule has 0 amide bonds. The minimum atomic E-state index is -3.10. The van der Waals surface area contributed by atoms with Crippen LogP contribution >= 0.6 is 0 Å². The van der Waals surface area contributed by atoms with Crippen LogP contribution in [0.3, 0.4) is 0 Å². The van der Waals surface area contributed by atoms with Crippen molar-refractivity contribution >= 4 is 17.0 Å². The largest absolute Gasteiger partial charge is 0.481 e. The number of hydrogen-bond acceptors (Lipinski definition) is 3. The number of H-pyrrole nitrogens is 1. The van der Waals surface area contributed by atoms with Crippen LogP contribution < -0.4 is 0 Å². The Balaban J connectivity index is 1.29. The van der Waals surface area contributed by atoms with Gasteiger partial charge in [0.05, 0.1) is 16.7 Å². The van der Waals surface area contributed by atoms with Gasteiger partial charge in [0.25, 0.3) is 5.92 Å². The van der Waals surface area contributed by atoms with Gasteiger partial charge in [0, 0.05) is 29.3 Å². The first-order valence-electron chi connectivity index (χ1n) is 12.5. The molecule has 0 aliphatic heterocycles. The number of fused-ring (bicyclic) bond motifs is 1. The molecule has 0 atom stereocenters. The minimum absolute atomic E-state index is 0.118. The standard InChI is InChI=1S/C30H29F2N3O2/c1-18(2)30(31,32)24-12-14-26-27(16-24)35-29(34-26)23-11-13-25(33-17-23)22-9-7-21(8-10-22)20-5-3-19(4-6-20)15-28(36)37/h7-14,16-17,19-20H,1,3-6,15H2,2H3,(H,34,35)(H,36,37). The Labute approximate surface area is 214 Å². The summed E-state index contributed by atoms with van der Waals surface area (Å²) in [5.74, 6) is -2.47. The highest BCUT2D eigenvalue weighted by atomic mass is 19.3. The third-order valence-corrected chi connectivity index (χ3v) is 7.41. The number of aromatic nitrogens is 3. The van der Waals surface area contributed by atoms with E-state index in [0.29, 0.717) is 28.7 Å². The fourth-order valence-electron chi connectivity index (χ4n) is 5.17. The molecule has 1 fully saturated rings. The van der Waals surface area contributed by atoms with Gasteiger partial charge in [-0.2, -0.15) is 8.78 Å². The van der Waals surface area contributed by atoms with Crippen LogP contribution in [0.15, 0.2) is 72.9 Å². The van der Waals surface area contributed by atoms with Crippen LogP contribution in [-0.2, 0) is 10.7 Å². The molecule has 2 aromatic heterocycles. The zero-order chi connectivity index (χ0) is 26.2. The third kappa shape index (κ3) is 5.17. The summed E-state index contributed by atoms with van der Waals surface area (Å²) in [6.07, 6.45) is 5.96. The van der Waals surface area contributed by atoms with E-state index in [-0.39, 0.29) is 17.6 Å². The van der Waals surface area contributed by atoms with E-state index in [1.54, 1.807) is 12.3 Å². The molecular weight excluding hydrogens is 472 g/mol. The fraction of sp³-hybridized carbons (Fsp3) is 0.300. The van der Waals surface area contributed by atoms with Crippen LogP contribution in [0.2, 0.25) is 0 Å². The first-order chi connectivity index (χ1) is 17.7. The van der Waals surface area contributed by atoms with Gasteiger partial charge in [0.15, 0.2) is 0 Å². The number of hydrogen-bond donors (Lipinski definition) is 2. The molecule has 2 heterocycles. The van der Waals surface area contributed by atoms with Gasteiger partial charge in [-0.05, 0) is 79.8 Å². The van der Waals surface area contributed by atoms with Crippen LogP contribution in [0.5, 0.6) is 0 Å². The monoisotopic (exact) mass is 501 g/mol. The lowest BCUT2D eigenvalue weighted by Crippen LogP contribution is -2.16. The van der Waals surface area contributed by atoms with Gasteiger partial charge in [0.2, 0.25) is 0 Å². The number of carboxylic acid groups (broad SMARTS) is 1. The van der Waals surface area contributed by atoms with Gasteiger partial charge >= 0.3 is 5.97 Å². The smallest absolute Gasteiger partial charge is 0.303 e. The molecule has 0 radical (unpaired) electrons. The van der Waals surface area contributed by atoms with Crippen molar-refractivity contribution in [2.75, 3.05) is 0 Å². The lowest BCUT2D eigenvalue weighted by atomic mass is 9.77. The van der Waals surface area contributed by atoms with Crippen LogP contribution in [0.25, 0.3) is 33.7 Å². The Morgan fingerprint density at radius 3 is 2.38 bits per heavy atom. The van der Waals surface area contributed by atoms with Crippen molar-refractivity contribution in [3.63, 3.8) is 0 Å². The maximum Gasteiger partial charge on any atom is 0.303 e. The lowest BCUT2D eigenvalue weighted by Gasteiger charge is -2.28. The van der Waals surface area contributed by atoms with Gasteiger partial charge in [-0.25, -0.2) is 4.98 Å². The molecule has 1 aliphatic rings. The van der Waals surface area contributed by atoms with Crippen LogP contribution in [0, 0.1) is 5.92 Å². The second kappa shape index (κ2) is 9.88. The topological polar surface area (TPSA) is 78.9 Å². The summed E-state index contributed by atoms with van der Waals surface area (Å²) in [4.78, 5) is 23.2. The van der Waals surface area contributed by atoms with Crippen molar-refractivity contribution in [2.24, 2.45) is 5.92 Å². The number of alkyl halides is 2. The van der Waals surface area contributed by atoms with E-state index in [2.05, 4.69) is 45.8 Å². The number of nitrogens with zero attached hydrogens (tertiary/aromatic N) is 2. The quantitative estimate of drug-likeness (QED) is 0.254. The third-order valence-electron chi connectivity index (χ3n) is 7.41. The molecule has 5 rings (SSSR count). The molecule has 37 heavy (non-hydrogen) atoms. The van der Waals surface area contributed by atoms with E-state index in [1.807, 2.05) is 12.1 Å². The summed E-state index contributed by atoms with van der Waals surface area (Å²) in [6, 6.07) is 16.7. The maximum absolute atomic E-state index is 14.4. The zero-order valence-electron chi connectivity index (χ0n) is 20.7. The van der Waals surface area contributed by atoms with Crippen molar-refractivity contribution in [3.05, 3.63) is 84.1 Å². The lowest BCUT2D eigenvalue weighted by molar-refractivity contribution is -0.138. The van der Waals surface area contributed by atoms with Gasteiger partial charge in [-0.1, -0.05) is 36.9 Å². The number of benzene rings is 2. The van der Waals surface area contributed by atoms with E-state index < -0.39 is 11.9 Å². The van der Waals surface area contributed by atoms with Crippen LogP contribution in [-0.4, -0.2) is 26.0 Å². The van der Waals surface area contributed by atoms with E-state index in [0.717, 1.165) is 42.5 Å². The zero-order valence-corrected chi connectivity index (χ0v) is 20.7. The van der Waals surface area contributed by atoms with Crippen LogP contribution in [0.4, 0.5) is 8.78 Å². The number of aromatic amines is 1. The van der Waals surface area contributed by atoms with Crippen molar-refractivity contribution < 1.29 is 18.7 Å². The number of allylic oxidation sites excluding steroid dienone is 1. The summed E-state index contributed by atoms with van der Waals surface area (Å²) in [7, 11) is 0. The van der Waals surface area contributed by atoms with E-state index in [9.17, 15) is 13.6 Å². The molecule has 2 N–H and O–H groups in total. The highest BCUT2D eigenvalue weighted by Gasteiger charge is 2.32. The van der Waals surface area contributed by atoms with Gasteiger partial charge in [0.1, 0.15) is 5.82 Å². The average molecular weight is 502 g/mol. The number of pyridine rings is 1. The number of rotatable bonds is 7. The molecule has 0 unspecified atom stereocenters. The molecule has 1 aliphatic carbocycles. The fourth-order valence-corrected chi connectivity index (χ4v) is 5.17. The Kier molecular flexibility index (Phi) is 6.63. The first kappa shape index (κ1) is 24.8. The maximum atomic E-state index is 14.4. The second-order valence-corrected chi connectivity index (χ2v) is 10.0. The number of aliphatic carboxylic acids is 1. The molecule has 0 spiro atoms. The summed E-state index contributed by atoms with van der Waals surface area (Å²) >= 11 is 0. The average Bonchev–Trinajstić information content (AvgIpc) is 3.33. The molecule has 0 bridgehead atoms. The van der Waals surface area contributed by atoms with Crippen molar-refractivity contribution in [1.82, 2.24) is 15.0 Å². The molecular formula is C30H29F2N3O2. The first-order valence-corrected chi connectivity index (χ1v) is 12.5. The summed E-state index contributed by atoms with van der Waals surface area (Å²) in [5, 5.41) is 9.02. The predicted octanol–water partition coefficient (Wildman–Crippen LogP) is 7.71. The minimum Gasteiger partial charge on any atom is -0.481 e. The summed E-state index contributed by atoms with van der Waals surface area (Å²) in [6.45, 7) is 4.72. The highest BCUT2D eigenvalue weighted by molar-refractivity contribution is 5.80. The molecule has 5 nitrogen and oxygen atoms in total. The SMILES string of the molecule is C=C(C)C(F)(F)c1ccc2nc(-c3ccc(-c4ccc(C5CCC(CC(=O)O)CC5)cc4)nc3)[nH]c2c1. The van der Waals surface area contributed by atoms with Gasteiger partial charge in [-0.15, -0.1) is 0 Å². The van der Waals surface area contributed by atoms with Crippen molar-refractivity contribution in [2.45, 2.75) is 50.9 Å². The molecule has 190 valence electrons. The van der Waals surface area contributed by atoms with Gasteiger partial charge < -0.3 is 10.1 Å². The van der Waals surface area contributed by atoms with Gasteiger partial charge in [-0.3, -0.25) is 9.78 Å². The normalized spacial score (nSPS) is 18.1. The molecule has 7 heteroatoms. The van der Waals surface area contributed by atoms with Crippen molar-refractivity contribution in [1.29, 1.82) is 0 Å². The number of carbonyl (C=O) groups is 1. The molecule has 2 aromatic carbocycles. The predicted molar refractivity (Wildman–Crippen MR) is 140 cm³/mol. The van der Waals surface area contributed by atoms with Crippen LogP contribution in [0.1, 0.15) is 56.1 Å². The number of carboxylic acids is 1. The number of imidazole rings is 1. The van der Waals surface area contributed by atoms with Crippen molar-refractivity contribution in [3.8, 4) is 22.6 Å². The second-order valence-electron chi connectivity index (χ2n) is 10.0. The Morgan fingerprint density at radius 2 is 1.76 bits per heavy atom. The molecule has 0 saturated heterocycles. The summed E-state index contributed by atoms with van der Waals surface area (Å²) in [5.41, 5.74) is 4.70. The van der Waals surface area contributed by atoms with E-state index in [4.69, 9.17) is 5.11 Å². The molecule has 4 aromatic rings. The van der Waals surface area contributed by atoms with E-state index in [1.165, 1.54) is 24.6 Å². The highest BCUT2D eigenvalue weighted by Crippen LogP contribution is 2.38. The Hall–Kier alpha value is -3.87. The number of halogens is 2. The summed E-state index contributed by atoms with van der Waals surface area (Å²) < 4.78 is 28.7. The Morgan fingerprint density at radius 1 is 1.05 bits per heavy atom. The molecule has 1 saturated carbocycles. The van der Waals surface area contributed by atoms with E-state index >= 15 is 0 Å². The Bertz CT molecular complexity index is 1430.